The van der Waals surface area contributed by atoms with Crippen molar-refractivity contribution in [2.24, 2.45) is 5.92 Å². The Kier molecular flexibility index (Phi) is 5.13. The molecule has 0 saturated carbocycles. The molecule has 1 unspecified atom stereocenters. The summed E-state index contributed by atoms with van der Waals surface area (Å²) in [6.07, 6.45) is 3.49. The number of pyridine rings is 1. The molecule has 2 aromatic rings. The topological polar surface area (TPSA) is 71.2 Å². The standard InChI is InChI=1S/C16H24N4O2/c1-11(2)10-20-15-13(9-18-20)7-14(8-17-15)16(22)19(4)6-5-12(3)21/h7-9,11-12,21H,5-6,10H2,1-4H3. The molecule has 6 heteroatoms. The number of carbonyl (C=O) groups is 1. The third-order valence-corrected chi connectivity index (χ3v) is 3.49. The number of nitrogens with zero attached hydrogens (tertiary/aromatic N) is 4. The number of fused-ring (bicyclic) bond motifs is 1. The molecule has 0 radical (unpaired) electrons. The van der Waals surface area contributed by atoms with Crippen LogP contribution in [0.5, 0.6) is 0 Å². The summed E-state index contributed by atoms with van der Waals surface area (Å²) in [5.74, 6) is 0.393. The number of aliphatic hydroxyl groups excluding tert-OH is 1. The molecule has 0 spiro atoms. The normalized spacial score (nSPS) is 12.8. The molecule has 1 N–H and O–H groups in total. The monoisotopic (exact) mass is 304 g/mol. The summed E-state index contributed by atoms with van der Waals surface area (Å²) in [4.78, 5) is 18.4. The summed E-state index contributed by atoms with van der Waals surface area (Å²) in [6.45, 7) is 7.29. The van der Waals surface area contributed by atoms with Crippen molar-refractivity contribution < 1.29 is 9.90 Å². The van der Waals surface area contributed by atoms with Crippen molar-refractivity contribution in [3.05, 3.63) is 24.0 Å². The van der Waals surface area contributed by atoms with Crippen LogP contribution in [-0.2, 0) is 6.54 Å². The molecule has 2 aromatic heterocycles. The van der Waals surface area contributed by atoms with Crippen LogP contribution in [0.2, 0.25) is 0 Å². The van der Waals surface area contributed by atoms with Gasteiger partial charge in [-0.2, -0.15) is 5.10 Å². The van der Waals surface area contributed by atoms with Gasteiger partial charge in [0.25, 0.3) is 5.91 Å². The average molecular weight is 304 g/mol. The van der Waals surface area contributed by atoms with Crippen molar-refractivity contribution in [3.8, 4) is 0 Å². The fourth-order valence-electron chi connectivity index (χ4n) is 2.27. The highest BCUT2D eigenvalue weighted by atomic mass is 16.3. The molecule has 2 heterocycles. The van der Waals surface area contributed by atoms with E-state index in [0.717, 1.165) is 17.6 Å². The second-order valence-corrected chi connectivity index (χ2v) is 6.22. The van der Waals surface area contributed by atoms with E-state index < -0.39 is 6.10 Å². The van der Waals surface area contributed by atoms with Gasteiger partial charge in [-0.15, -0.1) is 0 Å². The predicted octanol–water partition coefficient (Wildman–Crippen LogP) is 1.93. The van der Waals surface area contributed by atoms with Crippen LogP contribution < -0.4 is 0 Å². The molecule has 0 aliphatic heterocycles. The zero-order chi connectivity index (χ0) is 16.3. The van der Waals surface area contributed by atoms with Gasteiger partial charge < -0.3 is 10.0 Å². The highest BCUT2D eigenvalue weighted by Gasteiger charge is 2.15. The second kappa shape index (κ2) is 6.87. The number of aliphatic hydroxyl groups is 1. The van der Waals surface area contributed by atoms with E-state index in [1.165, 1.54) is 0 Å². The maximum atomic E-state index is 12.4. The number of aromatic nitrogens is 3. The largest absolute Gasteiger partial charge is 0.393 e. The van der Waals surface area contributed by atoms with Gasteiger partial charge >= 0.3 is 0 Å². The van der Waals surface area contributed by atoms with Crippen LogP contribution >= 0.6 is 0 Å². The first-order chi connectivity index (χ1) is 10.4. The Morgan fingerprint density at radius 3 is 2.73 bits per heavy atom. The van der Waals surface area contributed by atoms with Crippen LogP contribution in [0.25, 0.3) is 11.0 Å². The summed E-state index contributed by atoms with van der Waals surface area (Å²) in [7, 11) is 1.73. The smallest absolute Gasteiger partial charge is 0.255 e. The molecular formula is C16H24N4O2. The van der Waals surface area contributed by atoms with E-state index in [4.69, 9.17) is 0 Å². The Morgan fingerprint density at radius 2 is 2.09 bits per heavy atom. The van der Waals surface area contributed by atoms with Gasteiger partial charge in [-0.25, -0.2) is 9.67 Å². The first kappa shape index (κ1) is 16.4. The molecule has 0 aliphatic carbocycles. The molecule has 22 heavy (non-hydrogen) atoms. The quantitative estimate of drug-likeness (QED) is 0.885. The fraction of sp³-hybridized carbons (Fsp3) is 0.562. The Balaban J connectivity index is 2.17. The third-order valence-electron chi connectivity index (χ3n) is 3.49. The van der Waals surface area contributed by atoms with Crippen LogP contribution in [0.4, 0.5) is 0 Å². The Labute approximate surface area is 130 Å². The predicted molar refractivity (Wildman–Crippen MR) is 85.6 cm³/mol. The maximum Gasteiger partial charge on any atom is 0.255 e. The van der Waals surface area contributed by atoms with Gasteiger partial charge in [0.05, 0.1) is 17.9 Å². The molecule has 6 nitrogen and oxygen atoms in total. The summed E-state index contributed by atoms with van der Waals surface area (Å²) in [6, 6.07) is 1.83. The van der Waals surface area contributed by atoms with E-state index in [-0.39, 0.29) is 5.91 Å². The lowest BCUT2D eigenvalue weighted by molar-refractivity contribution is 0.0768. The number of amides is 1. The summed E-state index contributed by atoms with van der Waals surface area (Å²) >= 11 is 0. The summed E-state index contributed by atoms with van der Waals surface area (Å²) < 4.78 is 1.87. The molecule has 0 fully saturated rings. The van der Waals surface area contributed by atoms with Gasteiger partial charge in [-0.1, -0.05) is 13.8 Å². The van der Waals surface area contributed by atoms with Crippen molar-refractivity contribution in [1.29, 1.82) is 0 Å². The second-order valence-electron chi connectivity index (χ2n) is 6.22. The lowest BCUT2D eigenvalue weighted by atomic mass is 10.2. The number of rotatable bonds is 6. The van der Waals surface area contributed by atoms with Crippen molar-refractivity contribution >= 4 is 16.9 Å². The lowest BCUT2D eigenvalue weighted by Crippen LogP contribution is -2.29. The van der Waals surface area contributed by atoms with Gasteiger partial charge in [0.2, 0.25) is 0 Å². The maximum absolute atomic E-state index is 12.4. The van der Waals surface area contributed by atoms with Gasteiger partial charge in [-0.05, 0) is 25.3 Å². The van der Waals surface area contributed by atoms with Crippen molar-refractivity contribution in [2.75, 3.05) is 13.6 Å². The molecular weight excluding hydrogens is 280 g/mol. The average Bonchev–Trinajstić information content (AvgIpc) is 2.85. The molecule has 120 valence electrons. The minimum atomic E-state index is -0.412. The van der Waals surface area contributed by atoms with E-state index in [9.17, 15) is 9.90 Å². The molecule has 0 aromatic carbocycles. The number of hydrogen-bond acceptors (Lipinski definition) is 4. The van der Waals surface area contributed by atoms with E-state index in [2.05, 4.69) is 23.9 Å². The van der Waals surface area contributed by atoms with Crippen LogP contribution in [-0.4, -0.2) is 50.4 Å². The SMILES string of the molecule is CC(C)Cn1ncc2cc(C(=O)N(C)CCC(C)O)cnc21. The molecule has 2 rings (SSSR count). The van der Waals surface area contributed by atoms with E-state index in [0.29, 0.717) is 24.4 Å². The van der Waals surface area contributed by atoms with Crippen LogP contribution in [0.1, 0.15) is 37.6 Å². The highest BCUT2D eigenvalue weighted by molar-refractivity contribution is 5.96. The lowest BCUT2D eigenvalue weighted by Gasteiger charge is -2.17. The van der Waals surface area contributed by atoms with Crippen LogP contribution in [0, 0.1) is 5.92 Å². The third kappa shape index (κ3) is 3.82. The molecule has 1 atom stereocenters. The van der Waals surface area contributed by atoms with E-state index in [1.807, 2.05) is 10.7 Å². The highest BCUT2D eigenvalue weighted by Crippen LogP contribution is 2.15. The molecule has 0 bridgehead atoms. The Morgan fingerprint density at radius 1 is 1.36 bits per heavy atom. The van der Waals surface area contributed by atoms with E-state index in [1.54, 1.807) is 31.3 Å². The van der Waals surface area contributed by atoms with E-state index >= 15 is 0 Å². The Hall–Kier alpha value is -1.95. The van der Waals surface area contributed by atoms with Crippen molar-refractivity contribution in [1.82, 2.24) is 19.7 Å². The fourth-order valence-corrected chi connectivity index (χ4v) is 2.27. The van der Waals surface area contributed by atoms with Gasteiger partial charge in [0.15, 0.2) is 5.65 Å². The molecule has 0 aliphatic rings. The first-order valence-electron chi connectivity index (χ1n) is 7.63. The minimum absolute atomic E-state index is 0.0911. The van der Waals surface area contributed by atoms with Crippen LogP contribution in [0.15, 0.2) is 18.5 Å². The zero-order valence-corrected chi connectivity index (χ0v) is 13.7. The number of carbonyl (C=O) groups excluding carboxylic acids is 1. The number of hydrogen-bond donors (Lipinski definition) is 1. The molecule has 0 saturated heterocycles. The summed E-state index contributed by atoms with van der Waals surface area (Å²) in [5.41, 5.74) is 1.35. The zero-order valence-electron chi connectivity index (χ0n) is 13.7. The summed E-state index contributed by atoms with van der Waals surface area (Å²) in [5, 5.41) is 14.5. The first-order valence-corrected chi connectivity index (χ1v) is 7.63. The van der Waals surface area contributed by atoms with Crippen molar-refractivity contribution in [2.45, 2.75) is 39.8 Å². The van der Waals surface area contributed by atoms with Crippen LogP contribution in [0.3, 0.4) is 0 Å². The minimum Gasteiger partial charge on any atom is -0.393 e. The van der Waals surface area contributed by atoms with Gasteiger partial charge in [0, 0.05) is 31.7 Å². The van der Waals surface area contributed by atoms with Gasteiger partial charge in [-0.3, -0.25) is 4.79 Å². The Bertz CT molecular complexity index is 649. The van der Waals surface area contributed by atoms with Crippen molar-refractivity contribution in [3.63, 3.8) is 0 Å². The van der Waals surface area contributed by atoms with Gasteiger partial charge in [0.1, 0.15) is 0 Å². The molecule has 1 amide bonds.